The minimum absolute atomic E-state index is 0.102. The quantitative estimate of drug-likeness (QED) is 0.847. The highest BCUT2D eigenvalue weighted by Gasteiger charge is 2.29. The largest absolute Gasteiger partial charge is 0.481 e. The van der Waals surface area contributed by atoms with Gasteiger partial charge in [-0.1, -0.05) is 26.0 Å². The number of piperidine rings is 1. The second-order valence-electron chi connectivity index (χ2n) is 6.27. The molecule has 2 rings (SSSR count). The van der Waals surface area contributed by atoms with Crippen molar-refractivity contribution in [1.29, 1.82) is 0 Å². The van der Waals surface area contributed by atoms with Crippen LogP contribution in [0.3, 0.4) is 0 Å². The maximum atomic E-state index is 12.5. The molecule has 1 aromatic rings. The molecule has 0 aliphatic carbocycles. The van der Waals surface area contributed by atoms with Gasteiger partial charge >= 0.3 is 0 Å². The van der Waals surface area contributed by atoms with Gasteiger partial charge in [0.1, 0.15) is 5.75 Å². The predicted octanol–water partition coefficient (Wildman–Crippen LogP) is 3.27. The number of likely N-dealkylation sites (tertiary alicyclic amines) is 1. The summed E-state index contributed by atoms with van der Waals surface area (Å²) in [7, 11) is 0. The van der Waals surface area contributed by atoms with Gasteiger partial charge in [-0.25, -0.2) is 0 Å². The summed E-state index contributed by atoms with van der Waals surface area (Å²) in [5.74, 6) is 2.02. The van der Waals surface area contributed by atoms with E-state index in [0.717, 1.165) is 24.4 Å². The van der Waals surface area contributed by atoms with E-state index < -0.39 is 6.10 Å². The number of ether oxygens (including phenoxy) is 1. The molecule has 1 fully saturated rings. The van der Waals surface area contributed by atoms with Gasteiger partial charge in [0.15, 0.2) is 6.10 Å². The lowest BCUT2D eigenvalue weighted by atomic mass is 9.91. The third-order valence-corrected chi connectivity index (χ3v) is 3.83. The Bertz CT molecular complexity index is 462. The summed E-state index contributed by atoms with van der Waals surface area (Å²) < 4.78 is 5.79. The van der Waals surface area contributed by atoms with Crippen LogP contribution in [0.25, 0.3) is 0 Å². The molecule has 3 nitrogen and oxygen atoms in total. The van der Waals surface area contributed by atoms with Crippen molar-refractivity contribution in [3.8, 4) is 5.75 Å². The number of hydrogen-bond donors (Lipinski definition) is 0. The third kappa shape index (κ3) is 3.75. The summed E-state index contributed by atoms with van der Waals surface area (Å²) in [6, 6.07) is 7.84. The number of carbonyl (C=O) groups is 1. The van der Waals surface area contributed by atoms with Crippen LogP contribution in [-0.2, 0) is 4.79 Å². The molecule has 0 aromatic heterocycles. The van der Waals surface area contributed by atoms with Crippen LogP contribution in [0.5, 0.6) is 5.75 Å². The van der Waals surface area contributed by atoms with Crippen LogP contribution in [0.2, 0.25) is 0 Å². The Morgan fingerprint density at radius 3 is 2.55 bits per heavy atom. The molecular formula is C17H25NO2. The maximum absolute atomic E-state index is 12.5. The van der Waals surface area contributed by atoms with Crippen LogP contribution in [0.4, 0.5) is 0 Å². The first-order valence-electron chi connectivity index (χ1n) is 7.48. The molecule has 1 saturated heterocycles. The first kappa shape index (κ1) is 14.9. The summed E-state index contributed by atoms with van der Waals surface area (Å²) in [6.45, 7) is 9.99. The molecule has 1 aliphatic rings. The third-order valence-electron chi connectivity index (χ3n) is 3.83. The SMILES string of the molecule is Cc1cccc(OC(C)C(=O)N2CC(C)CC(C)C2)c1. The summed E-state index contributed by atoms with van der Waals surface area (Å²) >= 11 is 0. The number of hydrogen-bond acceptors (Lipinski definition) is 2. The first-order chi connectivity index (χ1) is 9.45. The highest BCUT2D eigenvalue weighted by atomic mass is 16.5. The van der Waals surface area contributed by atoms with Crippen LogP contribution in [0.1, 0.15) is 32.8 Å². The van der Waals surface area contributed by atoms with Crippen molar-refractivity contribution in [2.45, 2.75) is 40.2 Å². The molecule has 1 aliphatic heterocycles. The van der Waals surface area contributed by atoms with E-state index in [9.17, 15) is 4.79 Å². The number of rotatable bonds is 3. The van der Waals surface area contributed by atoms with Crippen LogP contribution < -0.4 is 4.74 Å². The molecule has 3 heteroatoms. The molecule has 3 unspecified atom stereocenters. The average Bonchev–Trinajstić information content (AvgIpc) is 2.36. The maximum Gasteiger partial charge on any atom is 0.263 e. The van der Waals surface area contributed by atoms with E-state index in [4.69, 9.17) is 4.74 Å². The van der Waals surface area contributed by atoms with E-state index in [1.807, 2.05) is 43.0 Å². The molecule has 1 heterocycles. The van der Waals surface area contributed by atoms with Crippen molar-refractivity contribution in [2.75, 3.05) is 13.1 Å². The van der Waals surface area contributed by atoms with Crippen molar-refractivity contribution in [1.82, 2.24) is 4.90 Å². The second kappa shape index (κ2) is 6.29. The topological polar surface area (TPSA) is 29.5 Å². The summed E-state index contributed by atoms with van der Waals surface area (Å²) in [5.41, 5.74) is 1.14. The predicted molar refractivity (Wildman–Crippen MR) is 80.8 cm³/mol. The molecule has 0 radical (unpaired) electrons. The fourth-order valence-electron chi connectivity index (χ4n) is 3.04. The summed E-state index contributed by atoms with van der Waals surface area (Å²) in [5, 5.41) is 0. The van der Waals surface area contributed by atoms with Gasteiger partial charge in [0, 0.05) is 13.1 Å². The van der Waals surface area contributed by atoms with Crippen molar-refractivity contribution >= 4 is 5.91 Å². The van der Waals surface area contributed by atoms with Crippen LogP contribution >= 0.6 is 0 Å². The second-order valence-corrected chi connectivity index (χ2v) is 6.27. The van der Waals surface area contributed by atoms with Crippen LogP contribution in [0, 0.1) is 18.8 Å². The summed E-state index contributed by atoms with van der Waals surface area (Å²) in [4.78, 5) is 14.4. The van der Waals surface area contributed by atoms with Gasteiger partial charge in [0.2, 0.25) is 0 Å². The zero-order valence-corrected chi connectivity index (χ0v) is 12.9. The van der Waals surface area contributed by atoms with Crippen molar-refractivity contribution < 1.29 is 9.53 Å². The minimum Gasteiger partial charge on any atom is -0.481 e. The van der Waals surface area contributed by atoms with Gasteiger partial charge in [-0.05, 0) is 49.8 Å². The van der Waals surface area contributed by atoms with E-state index in [1.165, 1.54) is 6.42 Å². The van der Waals surface area contributed by atoms with Crippen LogP contribution in [-0.4, -0.2) is 30.0 Å². The van der Waals surface area contributed by atoms with E-state index >= 15 is 0 Å². The lowest BCUT2D eigenvalue weighted by molar-refractivity contribution is -0.140. The fourth-order valence-corrected chi connectivity index (χ4v) is 3.04. The highest BCUT2D eigenvalue weighted by Crippen LogP contribution is 2.22. The van der Waals surface area contributed by atoms with Gasteiger partial charge in [-0.2, -0.15) is 0 Å². The zero-order chi connectivity index (χ0) is 14.7. The Morgan fingerprint density at radius 1 is 1.30 bits per heavy atom. The highest BCUT2D eigenvalue weighted by molar-refractivity contribution is 5.81. The van der Waals surface area contributed by atoms with Crippen molar-refractivity contribution in [3.63, 3.8) is 0 Å². The van der Waals surface area contributed by atoms with Gasteiger partial charge in [0.05, 0.1) is 0 Å². The van der Waals surface area contributed by atoms with Crippen LogP contribution in [0.15, 0.2) is 24.3 Å². The Labute approximate surface area is 121 Å². The lowest BCUT2D eigenvalue weighted by Gasteiger charge is -2.36. The normalized spacial score (nSPS) is 24.3. The molecule has 0 bridgehead atoms. The monoisotopic (exact) mass is 275 g/mol. The molecular weight excluding hydrogens is 250 g/mol. The molecule has 20 heavy (non-hydrogen) atoms. The Kier molecular flexibility index (Phi) is 4.69. The number of carbonyl (C=O) groups excluding carboxylic acids is 1. The molecule has 1 aromatic carbocycles. The number of aryl methyl sites for hydroxylation is 1. The lowest BCUT2D eigenvalue weighted by Crippen LogP contribution is -2.47. The number of benzene rings is 1. The number of nitrogens with zero attached hydrogens (tertiary/aromatic N) is 1. The minimum atomic E-state index is -0.422. The summed E-state index contributed by atoms with van der Waals surface area (Å²) in [6.07, 6.45) is 0.783. The van der Waals surface area contributed by atoms with Gasteiger partial charge in [-0.3, -0.25) is 4.79 Å². The van der Waals surface area contributed by atoms with E-state index in [-0.39, 0.29) is 5.91 Å². The smallest absolute Gasteiger partial charge is 0.263 e. The van der Waals surface area contributed by atoms with Gasteiger partial charge in [0.25, 0.3) is 5.91 Å². The Balaban J connectivity index is 1.98. The molecule has 110 valence electrons. The number of amides is 1. The standard InChI is InChI=1S/C17H25NO2/c1-12-6-5-7-16(9-12)20-15(4)17(19)18-10-13(2)8-14(3)11-18/h5-7,9,13-15H,8,10-11H2,1-4H3. The molecule has 3 atom stereocenters. The Hall–Kier alpha value is -1.51. The van der Waals surface area contributed by atoms with Crippen molar-refractivity contribution in [3.05, 3.63) is 29.8 Å². The molecule has 0 spiro atoms. The first-order valence-corrected chi connectivity index (χ1v) is 7.48. The zero-order valence-electron chi connectivity index (χ0n) is 12.9. The Morgan fingerprint density at radius 2 is 1.95 bits per heavy atom. The van der Waals surface area contributed by atoms with E-state index in [0.29, 0.717) is 11.8 Å². The molecule has 1 amide bonds. The van der Waals surface area contributed by atoms with Crippen molar-refractivity contribution in [2.24, 2.45) is 11.8 Å². The van der Waals surface area contributed by atoms with E-state index in [1.54, 1.807) is 0 Å². The van der Waals surface area contributed by atoms with Gasteiger partial charge in [-0.15, -0.1) is 0 Å². The fraction of sp³-hybridized carbons (Fsp3) is 0.588. The molecule has 0 N–H and O–H groups in total. The van der Waals surface area contributed by atoms with Gasteiger partial charge < -0.3 is 9.64 Å². The van der Waals surface area contributed by atoms with E-state index in [2.05, 4.69) is 13.8 Å². The molecule has 0 saturated carbocycles. The average molecular weight is 275 g/mol.